The van der Waals surface area contributed by atoms with E-state index in [4.69, 9.17) is 0 Å². The first kappa shape index (κ1) is 10.6. The lowest BCUT2D eigenvalue weighted by molar-refractivity contribution is 0.560. The van der Waals surface area contributed by atoms with Gasteiger partial charge in [-0.25, -0.2) is 9.50 Å². The van der Waals surface area contributed by atoms with E-state index in [0.29, 0.717) is 0 Å². The van der Waals surface area contributed by atoms with Crippen LogP contribution in [-0.4, -0.2) is 14.6 Å². The van der Waals surface area contributed by atoms with Crippen LogP contribution in [-0.2, 0) is 5.41 Å². The third-order valence-corrected chi connectivity index (χ3v) is 2.99. The van der Waals surface area contributed by atoms with Crippen LogP contribution in [0.5, 0.6) is 0 Å². The standard InChI is InChI=1S/C11H14BrN3/c1-7-5-13-10-8(12)9(11(2,3)4)14-15(10)6-7/h5-6H,1-4H3. The highest BCUT2D eigenvalue weighted by molar-refractivity contribution is 9.10. The second-order valence-electron chi connectivity index (χ2n) is 4.81. The van der Waals surface area contributed by atoms with Crippen LogP contribution >= 0.6 is 15.9 Å². The van der Waals surface area contributed by atoms with Gasteiger partial charge in [0, 0.05) is 17.8 Å². The molecule has 0 spiro atoms. The maximum absolute atomic E-state index is 4.55. The number of rotatable bonds is 0. The minimum absolute atomic E-state index is 0.0282. The van der Waals surface area contributed by atoms with Crippen LogP contribution in [0.25, 0.3) is 5.65 Å². The molecule has 2 aromatic heterocycles. The van der Waals surface area contributed by atoms with Gasteiger partial charge in [0.15, 0.2) is 5.65 Å². The summed E-state index contributed by atoms with van der Waals surface area (Å²) in [5.41, 5.74) is 3.06. The zero-order valence-electron chi connectivity index (χ0n) is 9.37. The van der Waals surface area contributed by atoms with Gasteiger partial charge < -0.3 is 0 Å². The molecule has 0 bridgehead atoms. The normalized spacial score (nSPS) is 12.3. The van der Waals surface area contributed by atoms with Crippen molar-refractivity contribution < 1.29 is 0 Å². The molecule has 80 valence electrons. The van der Waals surface area contributed by atoms with Crippen LogP contribution in [0.4, 0.5) is 0 Å². The molecule has 0 aliphatic rings. The van der Waals surface area contributed by atoms with Crippen LogP contribution in [0.1, 0.15) is 32.0 Å². The Balaban J connectivity index is 2.75. The summed E-state index contributed by atoms with van der Waals surface area (Å²) in [7, 11) is 0. The number of fused-ring (bicyclic) bond motifs is 1. The van der Waals surface area contributed by atoms with Gasteiger partial charge in [0.1, 0.15) is 0 Å². The molecule has 15 heavy (non-hydrogen) atoms. The van der Waals surface area contributed by atoms with E-state index in [0.717, 1.165) is 21.4 Å². The van der Waals surface area contributed by atoms with Crippen molar-refractivity contribution in [3.05, 3.63) is 28.1 Å². The van der Waals surface area contributed by atoms with Crippen molar-refractivity contribution >= 4 is 21.6 Å². The Morgan fingerprint density at radius 3 is 2.60 bits per heavy atom. The molecule has 0 atom stereocenters. The van der Waals surface area contributed by atoms with E-state index < -0.39 is 0 Å². The highest BCUT2D eigenvalue weighted by Crippen LogP contribution is 2.30. The highest BCUT2D eigenvalue weighted by atomic mass is 79.9. The largest absolute Gasteiger partial charge is 0.236 e. The summed E-state index contributed by atoms with van der Waals surface area (Å²) in [6.45, 7) is 8.45. The van der Waals surface area contributed by atoms with E-state index in [1.54, 1.807) is 0 Å². The molecule has 0 saturated carbocycles. The van der Waals surface area contributed by atoms with Gasteiger partial charge in [-0.05, 0) is 28.4 Å². The molecule has 0 fully saturated rings. The minimum Gasteiger partial charge on any atom is -0.236 e. The van der Waals surface area contributed by atoms with Crippen LogP contribution in [0.3, 0.4) is 0 Å². The van der Waals surface area contributed by atoms with Crippen LogP contribution < -0.4 is 0 Å². The highest BCUT2D eigenvalue weighted by Gasteiger charge is 2.23. The summed E-state index contributed by atoms with van der Waals surface area (Å²) >= 11 is 3.57. The monoisotopic (exact) mass is 267 g/mol. The van der Waals surface area contributed by atoms with Gasteiger partial charge in [-0.15, -0.1) is 0 Å². The van der Waals surface area contributed by atoms with Crippen molar-refractivity contribution in [1.29, 1.82) is 0 Å². The molecule has 0 aromatic carbocycles. The lowest BCUT2D eigenvalue weighted by atomic mass is 9.92. The SMILES string of the molecule is Cc1cnc2c(Br)c(C(C)(C)C)nn2c1. The fourth-order valence-corrected chi connectivity index (χ4v) is 2.44. The Morgan fingerprint density at radius 1 is 1.33 bits per heavy atom. The minimum atomic E-state index is 0.0282. The van der Waals surface area contributed by atoms with Crippen molar-refractivity contribution in [2.24, 2.45) is 0 Å². The predicted molar refractivity (Wildman–Crippen MR) is 64.1 cm³/mol. The third kappa shape index (κ3) is 1.78. The summed E-state index contributed by atoms with van der Waals surface area (Å²) in [6.07, 6.45) is 3.84. The smallest absolute Gasteiger partial charge is 0.169 e. The van der Waals surface area contributed by atoms with E-state index >= 15 is 0 Å². The summed E-state index contributed by atoms with van der Waals surface area (Å²) < 4.78 is 2.83. The predicted octanol–water partition coefficient (Wildman–Crippen LogP) is 3.10. The van der Waals surface area contributed by atoms with Gasteiger partial charge in [0.05, 0.1) is 10.2 Å². The quantitative estimate of drug-likeness (QED) is 0.735. The van der Waals surface area contributed by atoms with Crippen molar-refractivity contribution in [2.75, 3.05) is 0 Å². The average molecular weight is 268 g/mol. The van der Waals surface area contributed by atoms with E-state index in [2.05, 4.69) is 46.8 Å². The molecule has 0 aliphatic heterocycles. The zero-order valence-corrected chi connectivity index (χ0v) is 11.0. The number of nitrogens with zero attached hydrogens (tertiary/aromatic N) is 3. The van der Waals surface area contributed by atoms with Gasteiger partial charge in [0.2, 0.25) is 0 Å². The Morgan fingerprint density at radius 2 is 2.00 bits per heavy atom. The van der Waals surface area contributed by atoms with Crippen LogP contribution in [0.15, 0.2) is 16.9 Å². The van der Waals surface area contributed by atoms with E-state index in [-0.39, 0.29) is 5.41 Å². The second kappa shape index (κ2) is 3.30. The first-order valence-corrected chi connectivity index (χ1v) is 5.70. The number of hydrogen-bond donors (Lipinski definition) is 0. The molecule has 0 amide bonds. The average Bonchev–Trinajstić information content (AvgIpc) is 2.42. The van der Waals surface area contributed by atoms with Gasteiger partial charge in [-0.3, -0.25) is 0 Å². The van der Waals surface area contributed by atoms with Crippen LogP contribution in [0.2, 0.25) is 0 Å². The molecule has 2 rings (SSSR count). The van der Waals surface area contributed by atoms with E-state index in [1.165, 1.54) is 0 Å². The Bertz CT molecular complexity index is 508. The zero-order chi connectivity index (χ0) is 11.2. The summed E-state index contributed by atoms with van der Waals surface area (Å²) in [5, 5.41) is 4.55. The van der Waals surface area contributed by atoms with Crippen molar-refractivity contribution in [2.45, 2.75) is 33.1 Å². The summed E-state index contributed by atoms with van der Waals surface area (Å²) in [5.74, 6) is 0. The summed E-state index contributed by atoms with van der Waals surface area (Å²) in [4.78, 5) is 4.37. The maximum Gasteiger partial charge on any atom is 0.169 e. The lowest BCUT2D eigenvalue weighted by Crippen LogP contribution is -2.12. The molecular formula is C11H14BrN3. The third-order valence-electron chi connectivity index (χ3n) is 2.26. The number of aryl methyl sites for hydroxylation is 1. The maximum atomic E-state index is 4.55. The van der Waals surface area contributed by atoms with E-state index in [1.807, 2.05) is 23.8 Å². The first-order chi connectivity index (χ1) is 6.89. The van der Waals surface area contributed by atoms with Crippen molar-refractivity contribution in [1.82, 2.24) is 14.6 Å². The molecule has 0 N–H and O–H groups in total. The van der Waals surface area contributed by atoms with Gasteiger partial charge in [-0.2, -0.15) is 5.10 Å². The van der Waals surface area contributed by atoms with E-state index in [9.17, 15) is 0 Å². The topological polar surface area (TPSA) is 30.2 Å². The number of aromatic nitrogens is 3. The van der Waals surface area contributed by atoms with Crippen molar-refractivity contribution in [3.63, 3.8) is 0 Å². The first-order valence-electron chi connectivity index (χ1n) is 4.90. The molecule has 0 unspecified atom stereocenters. The molecule has 4 heteroatoms. The fraction of sp³-hybridized carbons (Fsp3) is 0.455. The molecule has 2 heterocycles. The number of halogens is 1. The molecule has 3 nitrogen and oxygen atoms in total. The van der Waals surface area contributed by atoms with Crippen LogP contribution in [0, 0.1) is 6.92 Å². The molecule has 0 saturated heterocycles. The Labute approximate surface area is 97.6 Å². The van der Waals surface area contributed by atoms with Crippen molar-refractivity contribution in [3.8, 4) is 0 Å². The molecule has 0 radical (unpaired) electrons. The Hall–Kier alpha value is -0.900. The van der Waals surface area contributed by atoms with Gasteiger partial charge in [-0.1, -0.05) is 20.8 Å². The molecular weight excluding hydrogens is 254 g/mol. The second-order valence-corrected chi connectivity index (χ2v) is 5.61. The van der Waals surface area contributed by atoms with Gasteiger partial charge >= 0.3 is 0 Å². The molecule has 2 aromatic rings. The van der Waals surface area contributed by atoms with Gasteiger partial charge in [0.25, 0.3) is 0 Å². The summed E-state index contributed by atoms with van der Waals surface area (Å²) in [6, 6.07) is 0. The molecule has 0 aliphatic carbocycles. The lowest BCUT2D eigenvalue weighted by Gasteiger charge is -2.14. The fourth-order valence-electron chi connectivity index (χ4n) is 1.48. The number of hydrogen-bond acceptors (Lipinski definition) is 2. The Kier molecular flexibility index (Phi) is 2.34.